The number of hydrogen-bond donors (Lipinski definition) is 1. The third kappa shape index (κ3) is 4.41. The Bertz CT molecular complexity index is 334. The molecule has 120 valence electrons. The van der Waals surface area contributed by atoms with Gasteiger partial charge in [0.25, 0.3) is 0 Å². The summed E-state index contributed by atoms with van der Waals surface area (Å²) < 4.78 is 22.5. The Balaban J connectivity index is 1.92. The lowest BCUT2D eigenvalue weighted by atomic mass is 9.90. The summed E-state index contributed by atoms with van der Waals surface area (Å²) >= 11 is 0. The Labute approximate surface area is 126 Å². The largest absolute Gasteiger partial charge is 0.394 e. The van der Waals surface area contributed by atoms with Crippen LogP contribution < -0.4 is 0 Å². The first-order valence-electron chi connectivity index (χ1n) is 7.76. The fourth-order valence-corrected chi connectivity index (χ4v) is 3.15. The van der Waals surface area contributed by atoms with Crippen molar-refractivity contribution in [3.8, 4) is 12.3 Å². The van der Waals surface area contributed by atoms with Crippen LogP contribution in [0, 0.1) is 18.3 Å². The lowest BCUT2D eigenvalue weighted by Gasteiger charge is -2.27. The number of methoxy groups -OCH3 is 1. The van der Waals surface area contributed by atoms with Gasteiger partial charge in [-0.3, -0.25) is 0 Å². The molecule has 5 nitrogen and oxygen atoms in total. The molecule has 21 heavy (non-hydrogen) atoms. The molecule has 1 saturated carbocycles. The first-order chi connectivity index (χ1) is 10.3. The molecular weight excluding hydrogens is 272 g/mol. The minimum Gasteiger partial charge on any atom is -0.394 e. The van der Waals surface area contributed by atoms with Gasteiger partial charge in [-0.1, -0.05) is 25.2 Å². The van der Waals surface area contributed by atoms with E-state index in [-0.39, 0.29) is 19.3 Å². The molecule has 1 unspecified atom stereocenters. The zero-order valence-corrected chi connectivity index (χ0v) is 12.7. The smallest absolute Gasteiger partial charge is 0.186 e. The van der Waals surface area contributed by atoms with E-state index in [0.29, 0.717) is 12.5 Å². The van der Waals surface area contributed by atoms with Crippen LogP contribution in [0.15, 0.2) is 0 Å². The molecule has 5 heteroatoms. The van der Waals surface area contributed by atoms with Gasteiger partial charge in [-0.25, -0.2) is 0 Å². The van der Waals surface area contributed by atoms with Gasteiger partial charge in [-0.15, -0.1) is 6.42 Å². The summed E-state index contributed by atoms with van der Waals surface area (Å²) in [6.45, 7) is 0.733. The molecule has 2 aliphatic rings. The number of aliphatic hydroxyl groups is 1. The van der Waals surface area contributed by atoms with Gasteiger partial charge in [-0.2, -0.15) is 0 Å². The predicted molar refractivity (Wildman–Crippen MR) is 77.6 cm³/mol. The number of aliphatic hydroxyl groups excluding tert-OH is 1. The van der Waals surface area contributed by atoms with E-state index in [4.69, 9.17) is 25.4 Å². The molecule has 0 spiro atoms. The van der Waals surface area contributed by atoms with Crippen LogP contribution in [0.1, 0.15) is 32.1 Å². The monoisotopic (exact) mass is 298 g/mol. The molecule has 1 aliphatic carbocycles. The van der Waals surface area contributed by atoms with Crippen LogP contribution in [0.25, 0.3) is 0 Å². The molecule has 1 saturated heterocycles. The van der Waals surface area contributed by atoms with Crippen LogP contribution in [0.5, 0.6) is 0 Å². The van der Waals surface area contributed by atoms with Crippen molar-refractivity contribution >= 4 is 0 Å². The standard InChI is InChI=1S/C16H26O5/c1-3-9-19-15-14(13(10-17)21-16(15)18-2)20-11-12-7-5-4-6-8-12/h1,12-17H,4-11H2,2H3/t13?,14-,15-,16-/m1/s1. The number of hydrogen-bond acceptors (Lipinski definition) is 5. The second-order valence-corrected chi connectivity index (χ2v) is 5.74. The molecule has 0 aromatic heterocycles. The first kappa shape index (κ1) is 16.7. The molecular formula is C16H26O5. The molecule has 0 bridgehead atoms. The number of terminal acetylenes is 1. The van der Waals surface area contributed by atoms with Crippen LogP contribution in [-0.2, 0) is 18.9 Å². The number of ether oxygens (including phenoxy) is 4. The quantitative estimate of drug-likeness (QED) is 0.719. The summed E-state index contributed by atoms with van der Waals surface area (Å²) in [5.41, 5.74) is 0. The van der Waals surface area contributed by atoms with Crippen LogP contribution in [0.4, 0.5) is 0 Å². The Morgan fingerprint density at radius 2 is 1.95 bits per heavy atom. The van der Waals surface area contributed by atoms with E-state index in [1.165, 1.54) is 32.1 Å². The molecule has 2 rings (SSSR count). The molecule has 1 N–H and O–H groups in total. The Morgan fingerprint density at radius 1 is 1.19 bits per heavy atom. The zero-order valence-electron chi connectivity index (χ0n) is 12.7. The average molecular weight is 298 g/mol. The summed E-state index contributed by atoms with van der Waals surface area (Å²) in [5, 5.41) is 9.47. The van der Waals surface area contributed by atoms with Gasteiger partial charge in [0, 0.05) is 7.11 Å². The number of rotatable bonds is 7. The highest BCUT2D eigenvalue weighted by atomic mass is 16.7. The van der Waals surface area contributed by atoms with Gasteiger partial charge >= 0.3 is 0 Å². The molecule has 0 amide bonds. The summed E-state index contributed by atoms with van der Waals surface area (Å²) in [6, 6.07) is 0. The molecule has 1 heterocycles. The van der Waals surface area contributed by atoms with E-state index >= 15 is 0 Å². The highest BCUT2D eigenvalue weighted by molar-refractivity contribution is 4.92. The molecule has 4 atom stereocenters. The predicted octanol–water partition coefficient (Wildman–Crippen LogP) is 1.33. The Morgan fingerprint density at radius 3 is 2.57 bits per heavy atom. The van der Waals surface area contributed by atoms with Gasteiger partial charge < -0.3 is 24.1 Å². The maximum Gasteiger partial charge on any atom is 0.186 e. The molecule has 0 aromatic rings. The van der Waals surface area contributed by atoms with Crippen LogP contribution in [0.2, 0.25) is 0 Å². The van der Waals surface area contributed by atoms with Crippen molar-refractivity contribution in [3.63, 3.8) is 0 Å². The van der Waals surface area contributed by atoms with Crippen LogP contribution in [-0.4, -0.2) is 56.6 Å². The van der Waals surface area contributed by atoms with Gasteiger partial charge in [0.05, 0.1) is 13.2 Å². The SMILES string of the molecule is C#CCO[C@H]1[C@H](OC)OC(CO)[C@H]1OCC1CCCCC1. The van der Waals surface area contributed by atoms with Crippen LogP contribution in [0.3, 0.4) is 0 Å². The maximum absolute atomic E-state index is 9.47. The van der Waals surface area contributed by atoms with E-state index in [9.17, 15) is 5.11 Å². The van der Waals surface area contributed by atoms with Crippen molar-refractivity contribution in [1.82, 2.24) is 0 Å². The molecule has 0 radical (unpaired) electrons. The Kier molecular flexibility index (Phi) is 6.94. The molecule has 1 aliphatic heterocycles. The third-order valence-electron chi connectivity index (χ3n) is 4.29. The van der Waals surface area contributed by atoms with Gasteiger partial charge in [0.1, 0.15) is 24.9 Å². The minimum absolute atomic E-state index is 0.120. The lowest BCUT2D eigenvalue weighted by Crippen LogP contribution is -2.40. The summed E-state index contributed by atoms with van der Waals surface area (Å²) in [5.74, 6) is 3.04. The van der Waals surface area contributed by atoms with Crippen LogP contribution >= 0.6 is 0 Å². The van der Waals surface area contributed by atoms with Crippen molar-refractivity contribution in [3.05, 3.63) is 0 Å². The fourth-order valence-electron chi connectivity index (χ4n) is 3.15. The van der Waals surface area contributed by atoms with Gasteiger partial charge in [0.2, 0.25) is 0 Å². The van der Waals surface area contributed by atoms with E-state index in [1.54, 1.807) is 7.11 Å². The van der Waals surface area contributed by atoms with Crippen molar-refractivity contribution in [2.45, 2.75) is 56.7 Å². The van der Waals surface area contributed by atoms with Crippen molar-refractivity contribution < 1.29 is 24.1 Å². The Hall–Kier alpha value is -0.640. The van der Waals surface area contributed by atoms with E-state index in [0.717, 1.165) is 0 Å². The van der Waals surface area contributed by atoms with E-state index < -0.39 is 18.5 Å². The van der Waals surface area contributed by atoms with Crippen molar-refractivity contribution in [2.75, 3.05) is 26.9 Å². The first-order valence-corrected chi connectivity index (χ1v) is 7.76. The second kappa shape index (κ2) is 8.72. The molecule has 0 aromatic carbocycles. The summed E-state index contributed by atoms with van der Waals surface area (Å²) in [6.07, 6.45) is 9.83. The highest BCUT2D eigenvalue weighted by Gasteiger charge is 2.46. The highest BCUT2D eigenvalue weighted by Crippen LogP contribution is 2.29. The topological polar surface area (TPSA) is 57.2 Å². The fraction of sp³-hybridized carbons (Fsp3) is 0.875. The summed E-state index contributed by atoms with van der Waals surface area (Å²) in [7, 11) is 1.55. The third-order valence-corrected chi connectivity index (χ3v) is 4.29. The normalized spacial score (nSPS) is 34.0. The van der Waals surface area contributed by atoms with Crippen molar-refractivity contribution in [2.24, 2.45) is 5.92 Å². The lowest BCUT2D eigenvalue weighted by molar-refractivity contribution is -0.162. The van der Waals surface area contributed by atoms with Crippen molar-refractivity contribution in [1.29, 1.82) is 0 Å². The van der Waals surface area contributed by atoms with E-state index in [2.05, 4.69) is 5.92 Å². The van der Waals surface area contributed by atoms with E-state index in [1.807, 2.05) is 0 Å². The summed E-state index contributed by atoms with van der Waals surface area (Å²) in [4.78, 5) is 0. The van der Waals surface area contributed by atoms with Gasteiger partial charge in [-0.05, 0) is 18.8 Å². The minimum atomic E-state index is -0.549. The zero-order chi connectivity index (χ0) is 15.1. The molecule has 2 fully saturated rings. The average Bonchev–Trinajstić information content (AvgIpc) is 2.88. The second-order valence-electron chi connectivity index (χ2n) is 5.74. The maximum atomic E-state index is 9.47. The van der Waals surface area contributed by atoms with Gasteiger partial charge in [0.15, 0.2) is 6.29 Å².